The second kappa shape index (κ2) is 6.78. The molecule has 8 nitrogen and oxygen atoms in total. The SMILES string of the molecule is Cc1oc(-c2cc(C(F)(F)F)on2)cc1S(=O)(=O)N(C)Cc1cnn(C)c1C. The topological polar surface area (TPSA) is 94.4 Å². The first kappa shape index (κ1) is 20.1. The lowest BCUT2D eigenvalue weighted by Gasteiger charge is -2.16. The maximum atomic E-state index is 12.9. The minimum absolute atomic E-state index is 0.0290. The summed E-state index contributed by atoms with van der Waals surface area (Å²) in [5, 5.41) is 7.38. The van der Waals surface area contributed by atoms with E-state index in [2.05, 4.69) is 14.8 Å². The fourth-order valence-electron chi connectivity index (χ4n) is 2.56. The van der Waals surface area contributed by atoms with Crippen LogP contribution in [0.2, 0.25) is 0 Å². The number of alkyl halides is 3. The summed E-state index contributed by atoms with van der Waals surface area (Å²) in [5.41, 5.74) is 1.29. The number of rotatable bonds is 5. The Kier molecular flexibility index (Phi) is 4.88. The molecule has 0 atom stereocenters. The molecule has 0 aliphatic carbocycles. The third-order valence-electron chi connectivity index (χ3n) is 4.33. The molecule has 0 aliphatic heterocycles. The number of hydrogen-bond acceptors (Lipinski definition) is 6. The second-order valence-corrected chi connectivity index (χ2v) is 8.26. The van der Waals surface area contributed by atoms with E-state index in [9.17, 15) is 21.6 Å². The molecule has 0 saturated heterocycles. The lowest BCUT2D eigenvalue weighted by molar-refractivity contribution is -0.155. The molecular formula is C16H17F3N4O4S. The van der Waals surface area contributed by atoms with Gasteiger partial charge in [-0.3, -0.25) is 4.68 Å². The van der Waals surface area contributed by atoms with Gasteiger partial charge in [-0.1, -0.05) is 5.16 Å². The van der Waals surface area contributed by atoms with Gasteiger partial charge in [0.2, 0.25) is 15.8 Å². The van der Waals surface area contributed by atoms with Crippen LogP contribution >= 0.6 is 0 Å². The van der Waals surface area contributed by atoms with Gasteiger partial charge in [0, 0.05) is 44.0 Å². The van der Waals surface area contributed by atoms with Gasteiger partial charge in [-0.25, -0.2) is 8.42 Å². The van der Waals surface area contributed by atoms with Crippen LogP contribution in [-0.2, 0) is 29.8 Å². The molecule has 3 aromatic heterocycles. The highest BCUT2D eigenvalue weighted by Gasteiger charge is 2.37. The van der Waals surface area contributed by atoms with Crippen LogP contribution in [0.3, 0.4) is 0 Å². The molecule has 3 rings (SSSR count). The Balaban J connectivity index is 1.90. The average molecular weight is 418 g/mol. The van der Waals surface area contributed by atoms with Gasteiger partial charge in [0.25, 0.3) is 0 Å². The number of aromatic nitrogens is 3. The summed E-state index contributed by atoms with van der Waals surface area (Å²) >= 11 is 0. The van der Waals surface area contributed by atoms with E-state index in [1.807, 2.05) is 6.92 Å². The lowest BCUT2D eigenvalue weighted by atomic mass is 10.3. The number of hydrogen-bond donors (Lipinski definition) is 0. The largest absolute Gasteiger partial charge is 0.458 e. The maximum Gasteiger partial charge on any atom is 0.452 e. The Morgan fingerprint density at radius 2 is 1.93 bits per heavy atom. The lowest BCUT2D eigenvalue weighted by Crippen LogP contribution is -2.26. The van der Waals surface area contributed by atoms with Crippen molar-refractivity contribution in [2.45, 2.75) is 31.5 Å². The van der Waals surface area contributed by atoms with E-state index in [4.69, 9.17) is 4.42 Å². The van der Waals surface area contributed by atoms with Gasteiger partial charge in [0.15, 0.2) is 5.76 Å². The zero-order valence-electron chi connectivity index (χ0n) is 15.4. The minimum atomic E-state index is -4.70. The third kappa shape index (κ3) is 3.56. The van der Waals surface area contributed by atoms with Gasteiger partial charge < -0.3 is 8.94 Å². The first-order chi connectivity index (χ1) is 12.9. The van der Waals surface area contributed by atoms with Gasteiger partial charge in [0.05, 0.1) is 6.20 Å². The summed E-state index contributed by atoms with van der Waals surface area (Å²) in [6, 6.07) is 1.78. The van der Waals surface area contributed by atoms with E-state index in [0.717, 1.165) is 21.6 Å². The molecule has 12 heteroatoms. The molecule has 0 radical (unpaired) electrons. The first-order valence-electron chi connectivity index (χ1n) is 7.99. The van der Waals surface area contributed by atoms with Crippen molar-refractivity contribution in [2.24, 2.45) is 7.05 Å². The zero-order valence-corrected chi connectivity index (χ0v) is 16.2. The van der Waals surface area contributed by atoms with Crippen molar-refractivity contribution in [1.82, 2.24) is 19.2 Å². The van der Waals surface area contributed by atoms with E-state index in [1.54, 1.807) is 17.9 Å². The summed E-state index contributed by atoms with van der Waals surface area (Å²) in [6.45, 7) is 3.29. The quantitative estimate of drug-likeness (QED) is 0.632. The summed E-state index contributed by atoms with van der Waals surface area (Å²) in [7, 11) is -0.825. The van der Waals surface area contributed by atoms with Crippen molar-refractivity contribution in [2.75, 3.05) is 7.05 Å². The number of nitrogens with zero attached hydrogens (tertiary/aromatic N) is 4. The van der Waals surface area contributed by atoms with Crippen LogP contribution in [0.5, 0.6) is 0 Å². The molecule has 0 fully saturated rings. The molecule has 3 heterocycles. The predicted octanol–water partition coefficient (Wildman–Crippen LogP) is 3.12. The maximum absolute atomic E-state index is 12.9. The van der Waals surface area contributed by atoms with Gasteiger partial charge >= 0.3 is 6.18 Å². The summed E-state index contributed by atoms with van der Waals surface area (Å²) in [6.07, 6.45) is -3.13. The monoisotopic (exact) mass is 418 g/mol. The molecule has 3 aromatic rings. The summed E-state index contributed by atoms with van der Waals surface area (Å²) in [4.78, 5) is -0.164. The van der Waals surface area contributed by atoms with Crippen LogP contribution in [0.15, 0.2) is 32.2 Å². The molecule has 0 aromatic carbocycles. The van der Waals surface area contributed by atoms with E-state index in [0.29, 0.717) is 6.07 Å². The Labute approximate surface area is 158 Å². The van der Waals surface area contributed by atoms with Crippen LogP contribution in [0.1, 0.15) is 22.8 Å². The summed E-state index contributed by atoms with van der Waals surface area (Å²) < 4.78 is 76.1. The van der Waals surface area contributed by atoms with Crippen LogP contribution in [0, 0.1) is 13.8 Å². The van der Waals surface area contributed by atoms with Crippen molar-refractivity contribution in [3.8, 4) is 11.5 Å². The minimum Gasteiger partial charge on any atom is -0.458 e. The smallest absolute Gasteiger partial charge is 0.452 e. The highest BCUT2D eigenvalue weighted by atomic mass is 32.2. The molecule has 0 spiro atoms. The van der Waals surface area contributed by atoms with Crippen LogP contribution in [-0.4, -0.2) is 34.7 Å². The third-order valence-corrected chi connectivity index (χ3v) is 6.24. The van der Waals surface area contributed by atoms with Crippen molar-refractivity contribution in [1.29, 1.82) is 0 Å². The molecule has 0 saturated carbocycles. The van der Waals surface area contributed by atoms with Crippen LogP contribution in [0.4, 0.5) is 13.2 Å². The molecule has 0 N–H and O–H groups in total. The Morgan fingerprint density at radius 1 is 1.25 bits per heavy atom. The number of aryl methyl sites for hydroxylation is 2. The van der Waals surface area contributed by atoms with Crippen LogP contribution < -0.4 is 0 Å². The van der Waals surface area contributed by atoms with Gasteiger partial charge in [-0.2, -0.15) is 22.6 Å². The van der Waals surface area contributed by atoms with E-state index < -0.39 is 22.0 Å². The second-order valence-electron chi connectivity index (χ2n) is 6.25. The van der Waals surface area contributed by atoms with Gasteiger partial charge in [-0.15, -0.1) is 0 Å². The Morgan fingerprint density at radius 3 is 2.46 bits per heavy atom. The van der Waals surface area contributed by atoms with Crippen molar-refractivity contribution in [3.63, 3.8) is 0 Å². The van der Waals surface area contributed by atoms with Crippen molar-refractivity contribution >= 4 is 10.0 Å². The van der Waals surface area contributed by atoms with Gasteiger partial charge in [-0.05, 0) is 13.8 Å². The molecule has 152 valence electrons. The normalized spacial score (nSPS) is 12.9. The zero-order chi connectivity index (χ0) is 20.9. The van der Waals surface area contributed by atoms with Crippen molar-refractivity contribution < 1.29 is 30.5 Å². The first-order valence-corrected chi connectivity index (χ1v) is 9.43. The predicted molar refractivity (Wildman–Crippen MR) is 90.5 cm³/mol. The standard InChI is InChI=1S/C16H17F3N4O4S/c1-9-11(7-20-23(9)4)8-22(3)28(24,25)14-6-13(26-10(14)2)12-5-15(27-21-12)16(17,18)19/h5-7H,8H2,1-4H3. The molecular weight excluding hydrogens is 401 g/mol. The van der Waals surface area contributed by atoms with E-state index >= 15 is 0 Å². The van der Waals surface area contributed by atoms with Gasteiger partial charge in [0.1, 0.15) is 16.3 Å². The molecule has 0 amide bonds. The van der Waals surface area contributed by atoms with Crippen molar-refractivity contribution in [3.05, 3.63) is 41.1 Å². The number of halogens is 3. The fraction of sp³-hybridized carbons (Fsp3) is 0.375. The molecule has 0 bridgehead atoms. The van der Waals surface area contributed by atoms with E-state index in [1.165, 1.54) is 14.0 Å². The van der Waals surface area contributed by atoms with E-state index in [-0.39, 0.29) is 28.7 Å². The molecule has 0 aliphatic rings. The average Bonchev–Trinajstić information content (AvgIpc) is 3.29. The number of furan rings is 1. The Hall–Kier alpha value is -2.60. The van der Waals surface area contributed by atoms with Crippen LogP contribution in [0.25, 0.3) is 11.5 Å². The molecule has 28 heavy (non-hydrogen) atoms. The highest BCUT2D eigenvalue weighted by molar-refractivity contribution is 7.89. The fourth-order valence-corrected chi connectivity index (χ4v) is 3.87. The number of sulfonamides is 1. The Bertz CT molecular complexity index is 1110. The highest BCUT2D eigenvalue weighted by Crippen LogP contribution is 2.34. The summed E-state index contributed by atoms with van der Waals surface area (Å²) in [5.74, 6) is -1.41. The molecule has 0 unspecified atom stereocenters.